The average molecular weight is 415 g/mol. The minimum Gasteiger partial charge on any atom is -0.368 e. The summed E-state index contributed by atoms with van der Waals surface area (Å²) in [5.74, 6) is 0. The van der Waals surface area contributed by atoms with Gasteiger partial charge in [-0.05, 0) is 48.4 Å². The summed E-state index contributed by atoms with van der Waals surface area (Å²) in [4.78, 5) is 32.3. The van der Waals surface area contributed by atoms with E-state index in [1.54, 1.807) is 0 Å². The van der Waals surface area contributed by atoms with Gasteiger partial charge in [-0.2, -0.15) is 0 Å². The van der Waals surface area contributed by atoms with Gasteiger partial charge in [0.15, 0.2) is 0 Å². The van der Waals surface area contributed by atoms with Crippen LogP contribution in [0.4, 0.5) is 5.69 Å². The molecule has 1 aliphatic rings. The molecular formula is C24H26N6O. The molecule has 1 saturated heterocycles. The molecule has 0 aliphatic carbocycles. The number of nitrogens with zero attached hydrogens (tertiary/aromatic N) is 4. The fraction of sp³-hybridized carbons (Fsp3) is 0.292. The van der Waals surface area contributed by atoms with Crippen LogP contribution in [0.5, 0.6) is 0 Å². The monoisotopic (exact) mass is 414 g/mol. The summed E-state index contributed by atoms with van der Waals surface area (Å²) in [7, 11) is 0. The number of piperazine rings is 1. The van der Waals surface area contributed by atoms with E-state index < -0.39 is 0 Å². The van der Waals surface area contributed by atoms with Gasteiger partial charge in [0, 0.05) is 50.7 Å². The Kier molecular flexibility index (Phi) is 5.26. The highest BCUT2D eigenvalue weighted by Crippen LogP contribution is 2.21. The topological polar surface area (TPSA) is 80.9 Å². The van der Waals surface area contributed by atoms with Crippen LogP contribution in [0.15, 0.2) is 59.8 Å². The molecule has 0 unspecified atom stereocenters. The lowest BCUT2D eigenvalue weighted by Crippen LogP contribution is -2.46. The van der Waals surface area contributed by atoms with Gasteiger partial charge in [-0.3, -0.25) is 19.7 Å². The van der Waals surface area contributed by atoms with E-state index >= 15 is 0 Å². The molecule has 5 rings (SSSR count). The van der Waals surface area contributed by atoms with E-state index in [0.29, 0.717) is 6.42 Å². The number of fused-ring (bicyclic) bond motifs is 1. The number of hydrogen-bond acceptors (Lipinski definition) is 5. The summed E-state index contributed by atoms with van der Waals surface area (Å²) < 4.78 is 0. The maximum absolute atomic E-state index is 12.1. The lowest BCUT2D eigenvalue weighted by molar-refractivity contribution is 0.249. The minimum absolute atomic E-state index is 0.0153. The van der Waals surface area contributed by atoms with Crippen molar-refractivity contribution in [1.29, 1.82) is 0 Å². The van der Waals surface area contributed by atoms with Crippen LogP contribution in [0.25, 0.3) is 22.4 Å². The van der Waals surface area contributed by atoms with Gasteiger partial charge in [0.1, 0.15) is 0 Å². The van der Waals surface area contributed by atoms with Gasteiger partial charge < -0.3 is 14.9 Å². The van der Waals surface area contributed by atoms with Crippen molar-refractivity contribution in [2.75, 3.05) is 31.1 Å². The zero-order chi connectivity index (χ0) is 21.2. The number of rotatable bonds is 5. The van der Waals surface area contributed by atoms with E-state index in [1.165, 1.54) is 0 Å². The van der Waals surface area contributed by atoms with Gasteiger partial charge in [-0.1, -0.05) is 6.92 Å². The highest BCUT2D eigenvalue weighted by Gasteiger charge is 2.18. The Labute approximate surface area is 180 Å². The first-order valence-electron chi connectivity index (χ1n) is 10.8. The minimum atomic E-state index is -0.0153. The Hall–Kier alpha value is -3.45. The molecule has 0 aromatic carbocycles. The third kappa shape index (κ3) is 4.09. The van der Waals surface area contributed by atoms with Gasteiger partial charge in [-0.15, -0.1) is 0 Å². The maximum atomic E-state index is 12.1. The van der Waals surface area contributed by atoms with E-state index in [1.807, 2.05) is 43.7 Å². The van der Waals surface area contributed by atoms with Crippen molar-refractivity contribution >= 4 is 16.7 Å². The van der Waals surface area contributed by atoms with Crippen molar-refractivity contribution in [3.8, 4) is 11.4 Å². The molecule has 0 radical (unpaired) electrons. The number of hydrogen-bond donors (Lipinski definition) is 2. The molecule has 7 heteroatoms. The Bertz CT molecular complexity index is 1220. The molecule has 0 bridgehead atoms. The predicted molar refractivity (Wildman–Crippen MR) is 123 cm³/mol. The van der Waals surface area contributed by atoms with Gasteiger partial charge in [0.25, 0.3) is 5.56 Å². The molecule has 0 saturated carbocycles. The zero-order valence-corrected chi connectivity index (χ0v) is 17.6. The fourth-order valence-corrected chi connectivity index (χ4v) is 4.16. The smallest absolute Gasteiger partial charge is 0.251 e. The number of pyridine rings is 3. The van der Waals surface area contributed by atoms with Crippen molar-refractivity contribution in [3.05, 3.63) is 76.5 Å². The standard InChI is InChI=1S/C24H26N6O/c1-2-18-13-22-23(28-24(18)31)12-17(14-26-22)16-29-8-10-30(11-9-29)19-5-6-21(27-15-19)20-4-3-7-25-20/h3-7,12-15,25H,2,8-11,16H2,1H3,(H,28,31). The Morgan fingerprint density at radius 1 is 1.03 bits per heavy atom. The average Bonchev–Trinajstić information content (AvgIpc) is 3.34. The number of nitrogens with one attached hydrogen (secondary N) is 2. The molecule has 2 N–H and O–H groups in total. The second-order valence-electron chi connectivity index (χ2n) is 8.00. The Morgan fingerprint density at radius 3 is 2.61 bits per heavy atom. The molecule has 0 spiro atoms. The fourth-order valence-electron chi connectivity index (χ4n) is 4.16. The summed E-state index contributed by atoms with van der Waals surface area (Å²) in [6, 6.07) is 12.2. The molecule has 4 aromatic heterocycles. The van der Waals surface area contributed by atoms with Crippen molar-refractivity contribution < 1.29 is 0 Å². The highest BCUT2D eigenvalue weighted by molar-refractivity contribution is 5.74. The van der Waals surface area contributed by atoms with Crippen LogP contribution in [0.3, 0.4) is 0 Å². The Morgan fingerprint density at radius 2 is 1.90 bits per heavy atom. The van der Waals surface area contributed by atoms with Crippen LogP contribution in [0.1, 0.15) is 18.1 Å². The largest absolute Gasteiger partial charge is 0.368 e. The lowest BCUT2D eigenvalue weighted by atomic mass is 10.1. The first-order valence-corrected chi connectivity index (χ1v) is 10.8. The molecule has 0 atom stereocenters. The summed E-state index contributed by atoms with van der Waals surface area (Å²) in [5.41, 5.74) is 6.70. The number of aromatic amines is 2. The molecule has 4 aromatic rings. The summed E-state index contributed by atoms with van der Waals surface area (Å²) in [5, 5.41) is 0. The third-order valence-electron chi connectivity index (χ3n) is 5.97. The summed E-state index contributed by atoms with van der Waals surface area (Å²) in [6.07, 6.45) is 6.51. The second-order valence-corrected chi connectivity index (χ2v) is 8.00. The number of aryl methyl sites for hydroxylation is 1. The van der Waals surface area contributed by atoms with Crippen molar-refractivity contribution in [3.63, 3.8) is 0 Å². The molecule has 1 aliphatic heterocycles. The molecule has 1 fully saturated rings. The Balaban J connectivity index is 1.22. The van der Waals surface area contributed by atoms with Crippen molar-refractivity contribution in [2.45, 2.75) is 19.9 Å². The molecule has 0 amide bonds. The molecular weight excluding hydrogens is 388 g/mol. The summed E-state index contributed by atoms with van der Waals surface area (Å²) in [6.45, 7) is 6.68. The number of aromatic nitrogens is 4. The summed E-state index contributed by atoms with van der Waals surface area (Å²) >= 11 is 0. The second kappa shape index (κ2) is 8.35. The predicted octanol–water partition coefficient (Wildman–Crippen LogP) is 3.20. The van der Waals surface area contributed by atoms with E-state index in [4.69, 9.17) is 0 Å². The number of H-pyrrole nitrogens is 2. The molecule has 5 heterocycles. The van der Waals surface area contributed by atoms with Crippen LogP contribution in [-0.4, -0.2) is 51.0 Å². The SMILES string of the molecule is CCc1cc2ncc(CN3CCN(c4ccc(-c5ccc[nH]5)nc4)CC3)cc2[nH]c1=O. The first kappa shape index (κ1) is 19.5. The van der Waals surface area contributed by atoms with E-state index in [9.17, 15) is 4.79 Å². The van der Waals surface area contributed by atoms with Crippen LogP contribution in [-0.2, 0) is 13.0 Å². The van der Waals surface area contributed by atoms with Crippen LogP contribution in [0, 0.1) is 0 Å². The van der Waals surface area contributed by atoms with E-state index in [2.05, 4.69) is 47.9 Å². The van der Waals surface area contributed by atoms with Crippen molar-refractivity contribution in [2.24, 2.45) is 0 Å². The van der Waals surface area contributed by atoms with E-state index in [-0.39, 0.29) is 5.56 Å². The van der Waals surface area contributed by atoms with Gasteiger partial charge in [-0.25, -0.2) is 0 Å². The zero-order valence-electron chi connectivity index (χ0n) is 17.6. The quantitative estimate of drug-likeness (QED) is 0.524. The van der Waals surface area contributed by atoms with Gasteiger partial charge in [0.05, 0.1) is 34.3 Å². The molecule has 31 heavy (non-hydrogen) atoms. The third-order valence-corrected chi connectivity index (χ3v) is 5.97. The van der Waals surface area contributed by atoms with Crippen molar-refractivity contribution in [1.82, 2.24) is 24.8 Å². The van der Waals surface area contributed by atoms with Gasteiger partial charge >= 0.3 is 0 Å². The van der Waals surface area contributed by atoms with Crippen LogP contribution >= 0.6 is 0 Å². The van der Waals surface area contributed by atoms with E-state index in [0.717, 1.165) is 72.0 Å². The normalized spacial score (nSPS) is 14.9. The maximum Gasteiger partial charge on any atom is 0.251 e. The number of anilines is 1. The van der Waals surface area contributed by atoms with Crippen LogP contribution in [0.2, 0.25) is 0 Å². The highest BCUT2D eigenvalue weighted by atomic mass is 16.1. The molecule has 7 nitrogen and oxygen atoms in total. The van der Waals surface area contributed by atoms with Crippen LogP contribution < -0.4 is 10.5 Å². The lowest BCUT2D eigenvalue weighted by Gasteiger charge is -2.36. The molecule has 158 valence electrons. The first-order chi connectivity index (χ1) is 15.2. The van der Waals surface area contributed by atoms with Gasteiger partial charge in [0.2, 0.25) is 0 Å².